The van der Waals surface area contributed by atoms with Gasteiger partial charge in [0, 0.05) is 40.6 Å². The molecule has 3 aromatic rings. The van der Waals surface area contributed by atoms with Crippen LogP contribution in [0.3, 0.4) is 0 Å². The van der Waals surface area contributed by atoms with E-state index in [4.69, 9.17) is 25.8 Å². The molecule has 162 valence electrons. The van der Waals surface area contributed by atoms with Gasteiger partial charge in [-0.2, -0.15) is 0 Å². The van der Waals surface area contributed by atoms with Crippen LogP contribution in [0.1, 0.15) is 22.3 Å². The molecule has 0 atom stereocenters. The van der Waals surface area contributed by atoms with Crippen LogP contribution in [0.25, 0.3) is 10.6 Å². The third-order valence-electron chi connectivity index (χ3n) is 4.47. The minimum absolute atomic E-state index is 0.133. The number of methoxy groups -OCH3 is 3. The number of carbonyl (C=O) groups is 2. The van der Waals surface area contributed by atoms with Crippen molar-refractivity contribution in [1.29, 1.82) is 0 Å². The lowest BCUT2D eigenvalue weighted by Crippen LogP contribution is -2.15. The van der Waals surface area contributed by atoms with Crippen molar-refractivity contribution in [1.82, 2.24) is 4.98 Å². The second kappa shape index (κ2) is 10.3. The maximum Gasteiger partial charge on any atom is 0.225 e. The van der Waals surface area contributed by atoms with Gasteiger partial charge in [-0.25, -0.2) is 4.98 Å². The number of ketones is 1. The zero-order valence-electron chi connectivity index (χ0n) is 17.2. The van der Waals surface area contributed by atoms with Gasteiger partial charge in [-0.05, 0) is 30.3 Å². The first-order chi connectivity index (χ1) is 15.0. The molecule has 3 rings (SSSR count). The molecule has 0 saturated carbocycles. The average Bonchev–Trinajstić information content (AvgIpc) is 3.33. The van der Waals surface area contributed by atoms with Gasteiger partial charge >= 0.3 is 0 Å². The Bertz CT molecular complexity index is 1060. The van der Waals surface area contributed by atoms with E-state index in [0.29, 0.717) is 34.1 Å². The normalized spacial score (nSPS) is 10.5. The number of ether oxygens (including phenoxy) is 3. The minimum atomic E-state index is -0.321. The molecule has 0 aliphatic rings. The SMILES string of the molecule is COc1cc(C(=O)c2cc(-c3nccs3)ccc2NC(=O)CCCl)cc(OC)c1OC. The Morgan fingerprint density at radius 3 is 2.32 bits per heavy atom. The zero-order valence-corrected chi connectivity index (χ0v) is 18.8. The number of carbonyl (C=O) groups excluding carboxylic acids is 2. The summed E-state index contributed by atoms with van der Waals surface area (Å²) in [6.07, 6.45) is 1.82. The van der Waals surface area contributed by atoms with Gasteiger partial charge < -0.3 is 19.5 Å². The summed E-state index contributed by atoms with van der Waals surface area (Å²) >= 11 is 7.13. The second-order valence-electron chi connectivity index (χ2n) is 6.33. The number of hydrogen-bond acceptors (Lipinski definition) is 7. The van der Waals surface area contributed by atoms with Gasteiger partial charge in [0.2, 0.25) is 11.7 Å². The molecule has 7 nitrogen and oxygen atoms in total. The fourth-order valence-corrected chi connectivity index (χ4v) is 3.81. The highest BCUT2D eigenvalue weighted by molar-refractivity contribution is 7.13. The van der Waals surface area contributed by atoms with Gasteiger partial charge in [0.1, 0.15) is 5.01 Å². The summed E-state index contributed by atoms with van der Waals surface area (Å²) in [6.45, 7) is 0. The summed E-state index contributed by atoms with van der Waals surface area (Å²) in [7, 11) is 4.45. The number of benzene rings is 2. The monoisotopic (exact) mass is 460 g/mol. The van der Waals surface area contributed by atoms with Gasteiger partial charge in [-0.3, -0.25) is 9.59 Å². The van der Waals surface area contributed by atoms with E-state index in [1.807, 2.05) is 5.38 Å². The molecule has 9 heteroatoms. The summed E-state index contributed by atoms with van der Waals surface area (Å²) < 4.78 is 16.1. The Kier molecular flexibility index (Phi) is 7.49. The van der Waals surface area contributed by atoms with E-state index in [2.05, 4.69) is 10.3 Å². The summed E-state index contributed by atoms with van der Waals surface area (Å²) in [5.74, 6) is 0.672. The highest BCUT2D eigenvalue weighted by Crippen LogP contribution is 2.39. The lowest BCUT2D eigenvalue weighted by molar-refractivity contribution is -0.115. The summed E-state index contributed by atoms with van der Waals surface area (Å²) in [5, 5.41) is 5.38. The molecule has 0 aliphatic heterocycles. The van der Waals surface area contributed by atoms with E-state index in [1.54, 1.807) is 36.5 Å². The van der Waals surface area contributed by atoms with Crippen LogP contribution in [0.15, 0.2) is 41.9 Å². The van der Waals surface area contributed by atoms with E-state index < -0.39 is 0 Å². The van der Waals surface area contributed by atoms with Gasteiger partial charge in [-0.1, -0.05) is 0 Å². The zero-order chi connectivity index (χ0) is 22.4. The Labute approximate surface area is 188 Å². The molecule has 1 N–H and O–H groups in total. The number of amides is 1. The van der Waals surface area contributed by atoms with Gasteiger partial charge in [0.05, 0.1) is 27.0 Å². The van der Waals surface area contributed by atoms with Crippen LogP contribution in [0.4, 0.5) is 5.69 Å². The Balaban J connectivity index is 2.11. The van der Waals surface area contributed by atoms with E-state index in [-0.39, 0.29) is 24.0 Å². The maximum atomic E-state index is 13.5. The first-order valence-corrected chi connectivity index (χ1v) is 10.7. The summed E-state index contributed by atoms with van der Waals surface area (Å²) in [5.41, 5.74) is 1.78. The summed E-state index contributed by atoms with van der Waals surface area (Å²) in [4.78, 5) is 30.0. The van der Waals surface area contributed by atoms with Crippen LogP contribution in [-0.4, -0.2) is 43.9 Å². The third kappa shape index (κ3) is 4.98. The molecule has 0 saturated heterocycles. The first-order valence-electron chi connectivity index (χ1n) is 9.26. The van der Waals surface area contributed by atoms with Gasteiger partial charge in [-0.15, -0.1) is 22.9 Å². The predicted molar refractivity (Wildman–Crippen MR) is 121 cm³/mol. The van der Waals surface area contributed by atoms with Crippen LogP contribution in [0.5, 0.6) is 17.2 Å². The van der Waals surface area contributed by atoms with E-state index >= 15 is 0 Å². The van der Waals surface area contributed by atoms with Crippen molar-refractivity contribution < 1.29 is 23.8 Å². The fourth-order valence-electron chi connectivity index (χ4n) is 3.01. The number of hydrogen-bond donors (Lipinski definition) is 1. The Morgan fingerprint density at radius 1 is 1.06 bits per heavy atom. The number of anilines is 1. The first kappa shape index (κ1) is 22.6. The van der Waals surface area contributed by atoms with Crippen molar-refractivity contribution in [3.05, 3.63) is 53.0 Å². The molecule has 0 aliphatic carbocycles. The highest BCUT2D eigenvalue weighted by atomic mass is 35.5. The second-order valence-corrected chi connectivity index (χ2v) is 7.60. The minimum Gasteiger partial charge on any atom is -0.493 e. The van der Waals surface area contributed by atoms with Crippen LogP contribution in [-0.2, 0) is 4.79 Å². The van der Waals surface area contributed by atoms with Crippen molar-refractivity contribution in [3.63, 3.8) is 0 Å². The van der Waals surface area contributed by atoms with Crippen LogP contribution < -0.4 is 19.5 Å². The van der Waals surface area contributed by atoms with Crippen molar-refractivity contribution >= 4 is 40.3 Å². The van der Waals surface area contributed by atoms with Crippen LogP contribution in [0, 0.1) is 0 Å². The molecule has 0 unspecified atom stereocenters. The molecular formula is C22H21ClN2O5S. The molecule has 0 radical (unpaired) electrons. The number of nitrogens with one attached hydrogen (secondary N) is 1. The fraction of sp³-hybridized carbons (Fsp3) is 0.227. The quantitative estimate of drug-likeness (QED) is 0.370. The number of thiazole rings is 1. The predicted octanol–water partition coefficient (Wildman–Crippen LogP) is 4.63. The van der Waals surface area contributed by atoms with Crippen molar-refractivity contribution in [2.75, 3.05) is 32.5 Å². The highest BCUT2D eigenvalue weighted by Gasteiger charge is 2.21. The molecule has 0 spiro atoms. The van der Waals surface area contributed by atoms with E-state index in [0.717, 1.165) is 10.6 Å². The molecular weight excluding hydrogens is 440 g/mol. The number of rotatable bonds is 9. The van der Waals surface area contributed by atoms with Crippen LogP contribution in [0.2, 0.25) is 0 Å². The lowest BCUT2D eigenvalue weighted by atomic mass is 9.98. The molecule has 0 fully saturated rings. The summed E-state index contributed by atoms with van der Waals surface area (Å²) in [6, 6.07) is 8.35. The number of nitrogens with zero attached hydrogens (tertiary/aromatic N) is 1. The smallest absolute Gasteiger partial charge is 0.225 e. The number of halogens is 1. The Morgan fingerprint density at radius 2 is 1.77 bits per heavy atom. The Hall–Kier alpha value is -3.10. The molecule has 1 heterocycles. The number of alkyl halides is 1. The average molecular weight is 461 g/mol. The molecule has 0 bridgehead atoms. The molecule has 2 aromatic carbocycles. The maximum absolute atomic E-state index is 13.5. The number of aromatic nitrogens is 1. The topological polar surface area (TPSA) is 86.8 Å². The van der Waals surface area contributed by atoms with Gasteiger partial charge in [0.25, 0.3) is 0 Å². The van der Waals surface area contributed by atoms with E-state index in [9.17, 15) is 9.59 Å². The lowest BCUT2D eigenvalue weighted by Gasteiger charge is -2.15. The largest absolute Gasteiger partial charge is 0.493 e. The molecule has 1 amide bonds. The van der Waals surface area contributed by atoms with Gasteiger partial charge in [0.15, 0.2) is 17.3 Å². The van der Waals surface area contributed by atoms with Crippen molar-refractivity contribution in [2.24, 2.45) is 0 Å². The third-order valence-corrected chi connectivity index (χ3v) is 5.48. The van der Waals surface area contributed by atoms with Crippen LogP contribution >= 0.6 is 22.9 Å². The van der Waals surface area contributed by atoms with E-state index in [1.165, 1.54) is 32.7 Å². The van der Waals surface area contributed by atoms with Crippen molar-refractivity contribution in [3.8, 4) is 27.8 Å². The van der Waals surface area contributed by atoms with Crippen molar-refractivity contribution in [2.45, 2.75) is 6.42 Å². The standard InChI is InChI=1S/C22H21ClN2O5S/c1-28-17-11-14(12-18(29-2)21(17)30-3)20(27)15-10-13(22-24-8-9-31-22)4-5-16(15)25-19(26)6-7-23/h4-5,8-12H,6-7H2,1-3H3,(H,25,26). The molecule has 31 heavy (non-hydrogen) atoms. The molecule has 1 aromatic heterocycles.